The predicted molar refractivity (Wildman–Crippen MR) is 70.0 cm³/mol. The van der Waals surface area contributed by atoms with Gasteiger partial charge in [-0.1, -0.05) is 18.0 Å². The summed E-state index contributed by atoms with van der Waals surface area (Å²) < 4.78 is 0. The van der Waals surface area contributed by atoms with E-state index in [1.807, 2.05) is 4.90 Å². The van der Waals surface area contributed by atoms with Crippen LogP contribution in [0.25, 0.3) is 0 Å². The predicted octanol–water partition coefficient (Wildman–Crippen LogP) is 1.48. The van der Waals surface area contributed by atoms with Crippen molar-refractivity contribution in [3.8, 4) is 0 Å². The molecule has 0 atom stereocenters. The highest BCUT2D eigenvalue weighted by molar-refractivity contribution is 5.80. The van der Waals surface area contributed by atoms with Gasteiger partial charge in [-0.3, -0.25) is 4.79 Å². The molecule has 1 saturated carbocycles. The summed E-state index contributed by atoms with van der Waals surface area (Å²) in [6, 6.07) is 0. The van der Waals surface area contributed by atoms with Crippen LogP contribution in [0.1, 0.15) is 44.9 Å². The average Bonchev–Trinajstić information content (AvgIpc) is 3.14. The maximum atomic E-state index is 11.9. The number of amidine groups is 1. The zero-order valence-electron chi connectivity index (χ0n) is 10.9. The number of oxime groups is 1. The van der Waals surface area contributed by atoms with Crippen LogP contribution < -0.4 is 5.73 Å². The van der Waals surface area contributed by atoms with Gasteiger partial charge in [0.2, 0.25) is 0 Å². The second kappa shape index (κ2) is 6.61. The van der Waals surface area contributed by atoms with Crippen molar-refractivity contribution < 1.29 is 9.63 Å². The molecule has 2 N–H and O–H groups in total. The second-order valence-corrected chi connectivity index (χ2v) is 5.30. The monoisotopic (exact) mass is 253 g/mol. The molecular formula is C13H23N3O2. The smallest absolute Gasteiger partial charge is 0.263 e. The minimum absolute atomic E-state index is 0.0192. The average molecular weight is 253 g/mol. The number of likely N-dealkylation sites (tertiary alicyclic amines) is 1. The largest absolute Gasteiger partial charge is 0.384 e. The molecule has 1 amide bonds. The van der Waals surface area contributed by atoms with Gasteiger partial charge < -0.3 is 15.5 Å². The van der Waals surface area contributed by atoms with Crippen LogP contribution in [-0.2, 0) is 9.63 Å². The van der Waals surface area contributed by atoms with Crippen molar-refractivity contribution in [1.29, 1.82) is 0 Å². The highest BCUT2D eigenvalue weighted by Gasteiger charge is 2.22. The summed E-state index contributed by atoms with van der Waals surface area (Å²) in [5, 5.41) is 3.81. The van der Waals surface area contributed by atoms with E-state index in [9.17, 15) is 4.79 Å². The fourth-order valence-corrected chi connectivity index (χ4v) is 2.24. The molecule has 0 aromatic carbocycles. The molecule has 5 nitrogen and oxygen atoms in total. The molecule has 1 aliphatic carbocycles. The van der Waals surface area contributed by atoms with Gasteiger partial charge in [-0.25, -0.2) is 0 Å². The van der Waals surface area contributed by atoms with E-state index in [-0.39, 0.29) is 12.5 Å². The number of rotatable bonds is 5. The van der Waals surface area contributed by atoms with E-state index >= 15 is 0 Å². The van der Waals surface area contributed by atoms with Gasteiger partial charge >= 0.3 is 0 Å². The first kappa shape index (κ1) is 13.2. The number of amides is 1. The molecular weight excluding hydrogens is 230 g/mol. The van der Waals surface area contributed by atoms with Crippen LogP contribution >= 0.6 is 0 Å². The summed E-state index contributed by atoms with van der Waals surface area (Å²) >= 11 is 0. The number of nitrogens with two attached hydrogens (primary N) is 1. The van der Waals surface area contributed by atoms with Crippen molar-refractivity contribution in [3.05, 3.63) is 0 Å². The minimum atomic E-state index is 0.0192. The number of nitrogens with zero attached hydrogens (tertiary/aromatic N) is 2. The molecule has 5 heteroatoms. The van der Waals surface area contributed by atoms with Crippen LogP contribution in [0.3, 0.4) is 0 Å². The van der Waals surface area contributed by atoms with Gasteiger partial charge in [0.15, 0.2) is 6.61 Å². The number of hydrogen-bond acceptors (Lipinski definition) is 3. The molecule has 1 aliphatic heterocycles. The van der Waals surface area contributed by atoms with Crippen LogP contribution in [0.2, 0.25) is 0 Å². The molecule has 0 bridgehead atoms. The summed E-state index contributed by atoms with van der Waals surface area (Å²) in [5.41, 5.74) is 5.70. The highest BCUT2D eigenvalue weighted by Crippen LogP contribution is 2.32. The normalized spacial score (nSPS) is 21.6. The van der Waals surface area contributed by atoms with Gasteiger partial charge in [-0.15, -0.1) is 0 Å². The topological polar surface area (TPSA) is 67.9 Å². The zero-order chi connectivity index (χ0) is 12.8. The third-order valence-corrected chi connectivity index (χ3v) is 3.52. The fraction of sp³-hybridized carbons (Fsp3) is 0.846. The molecule has 1 heterocycles. The Labute approximate surface area is 108 Å². The number of hydrogen-bond donors (Lipinski definition) is 1. The molecule has 2 aliphatic rings. The van der Waals surface area contributed by atoms with Crippen LogP contribution in [0.5, 0.6) is 0 Å². The molecule has 0 aromatic heterocycles. The van der Waals surface area contributed by atoms with Gasteiger partial charge in [0.1, 0.15) is 5.84 Å². The first-order chi connectivity index (χ1) is 8.75. The lowest BCUT2D eigenvalue weighted by atomic mass is 10.2. The third kappa shape index (κ3) is 4.55. The van der Waals surface area contributed by atoms with E-state index in [1.165, 1.54) is 25.7 Å². The van der Waals surface area contributed by atoms with E-state index in [0.29, 0.717) is 11.8 Å². The summed E-state index contributed by atoms with van der Waals surface area (Å²) in [4.78, 5) is 18.8. The molecule has 18 heavy (non-hydrogen) atoms. The van der Waals surface area contributed by atoms with Gasteiger partial charge in [0.25, 0.3) is 5.91 Å². The Morgan fingerprint density at radius 3 is 2.50 bits per heavy atom. The maximum Gasteiger partial charge on any atom is 0.263 e. The Balaban J connectivity index is 1.66. The molecule has 1 saturated heterocycles. The van der Waals surface area contributed by atoms with Crippen LogP contribution in [-0.4, -0.2) is 36.3 Å². The third-order valence-electron chi connectivity index (χ3n) is 3.52. The molecule has 102 valence electrons. The van der Waals surface area contributed by atoms with Gasteiger partial charge in [0, 0.05) is 19.5 Å². The Bertz CT molecular complexity index is 305. The fourth-order valence-electron chi connectivity index (χ4n) is 2.24. The molecule has 0 unspecified atom stereocenters. The highest BCUT2D eigenvalue weighted by atomic mass is 16.6. The number of carbonyl (C=O) groups is 1. The van der Waals surface area contributed by atoms with Crippen molar-refractivity contribution in [1.82, 2.24) is 4.90 Å². The maximum absolute atomic E-state index is 11.9. The molecule has 2 fully saturated rings. The van der Waals surface area contributed by atoms with Crippen molar-refractivity contribution >= 4 is 11.7 Å². The van der Waals surface area contributed by atoms with E-state index in [4.69, 9.17) is 10.6 Å². The van der Waals surface area contributed by atoms with E-state index < -0.39 is 0 Å². The molecule has 2 rings (SSSR count). The van der Waals surface area contributed by atoms with Crippen molar-refractivity contribution in [3.63, 3.8) is 0 Å². The van der Waals surface area contributed by atoms with Crippen LogP contribution in [0.4, 0.5) is 0 Å². The van der Waals surface area contributed by atoms with Crippen molar-refractivity contribution in [2.75, 3.05) is 19.7 Å². The van der Waals surface area contributed by atoms with E-state index in [0.717, 1.165) is 32.4 Å². The van der Waals surface area contributed by atoms with E-state index in [1.54, 1.807) is 0 Å². The molecule has 0 aromatic rings. The summed E-state index contributed by atoms with van der Waals surface area (Å²) in [7, 11) is 0. The summed E-state index contributed by atoms with van der Waals surface area (Å²) in [6.07, 6.45) is 7.91. The molecule has 0 spiro atoms. The van der Waals surface area contributed by atoms with Crippen molar-refractivity contribution in [2.45, 2.75) is 44.9 Å². The van der Waals surface area contributed by atoms with Crippen LogP contribution in [0, 0.1) is 5.92 Å². The Kier molecular flexibility index (Phi) is 4.84. The SMILES string of the molecule is N/C(CC1CC1)=N/OCC(=O)N1CCCCCC1. The van der Waals surface area contributed by atoms with Crippen LogP contribution in [0.15, 0.2) is 5.16 Å². The van der Waals surface area contributed by atoms with Gasteiger partial charge in [-0.2, -0.15) is 0 Å². The molecule has 0 radical (unpaired) electrons. The standard InChI is InChI=1S/C13H23N3O2/c14-12(9-11-5-6-11)15-18-10-13(17)16-7-3-1-2-4-8-16/h11H,1-10H2,(H2,14,15). The second-order valence-electron chi connectivity index (χ2n) is 5.30. The first-order valence-electron chi connectivity index (χ1n) is 6.98. The quantitative estimate of drug-likeness (QED) is 0.458. The summed E-state index contributed by atoms with van der Waals surface area (Å²) in [5.74, 6) is 1.24. The Morgan fingerprint density at radius 2 is 1.89 bits per heavy atom. The minimum Gasteiger partial charge on any atom is -0.384 e. The zero-order valence-corrected chi connectivity index (χ0v) is 10.9. The lowest BCUT2D eigenvalue weighted by Crippen LogP contribution is -2.34. The number of carbonyl (C=O) groups excluding carboxylic acids is 1. The van der Waals surface area contributed by atoms with Gasteiger partial charge in [-0.05, 0) is 31.6 Å². The Hall–Kier alpha value is -1.26. The van der Waals surface area contributed by atoms with Gasteiger partial charge in [0.05, 0.1) is 0 Å². The summed E-state index contributed by atoms with van der Waals surface area (Å²) in [6.45, 7) is 1.72. The first-order valence-corrected chi connectivity index (χ1v) is 6.98. The lowest BCUT2D eigenvalue weighted by Gasteiger charge is -2.19. The lowest BCUT2D eigenvalue weighted by molar-refractivity contribution is -0.136. The Morgan fingerprint density at radius 1 is 1.22 bits per heavy atom. The van der Waals surface area contributed by atoms with E-state index in [2.05, 4.69) is 5.16 Å². The van der Waals surface area contributed by atoms with Crippen molar-refractivity contribution in [2.24, 2.45) is 16.8 Å².